The Bertz CT molecular complexity index is 508. The van der Waals surface area contributed by atoms with Gasteiger partial charge in [-0.3, -0.25) is 4.98 Å². The van der Waals surface area contributed by atoms with E-state index in [1.807, 2.05) is 18.2 Å². The summed E-state index contributed by atoms with van der Waals surface area (Å²) in [6, 6.07) is 5.95. The molecule has 0 aliphatic heterocycles. The molecule has 0 saturated carbocycles. The van der Waals surface area contributed by atoms with E-state index in [0.717, 1.165) is 18.9 Å². The summed E-state index contributed by atoms with van der Waals surface area (Å²) in [6.45, 7) is 11.4. The Hall–Kier alpha value is -0.160. The lowest BCUT2D eigenvalue weighted by Gasteiger charge is -2.06. The van der Waals surface area contributed by atoms with Gasteiger partial charge in [-0.25, -0.2) is 0 Å². The average Bonchev–Trinajstić information content (AvgIpc) is 2.14. The average molecular weight is 358 g/mol. The van der Waals surface area contributed by atoms with Gasteiger partial charge in [0.2, 0.25) is 0 Å². The molecule has 0 aliphatic carbocycles. The van der Waals surface area contributed by atoms with E-state index in [4.69, 9.17) is 13.8 Å². The van der Waals surface area contributed by atoms with Crippen LogP contribution in [0, 0.1) is 17.4 Å². The summed E-state index contributed by atoms with van der Waals surface area (Å²) in [4.78, 5) is 4.21. The number of aromatic nitrogens is 1. The van der Waals surface area contributed by atoms with Crippen LogP contribution in [0.25, 0.3) is 10.9 Å². The third-order valence-electron chi connectivity index (χ3n) is 1.95. The van der Waals surface area contributed by atoms with Crippen LogP contribution in [0.4, 0.5) is 0 Å². The molecule has 1 nitrogen and oxygen atoms in total. The standard InChI is InChI=1S/C11H5BrIN/c1-6-7(2)14-10-5-8(13)3-4-9(10)11(6)12/h1-5H. The topological polar surface area (TPSA) is 12.9 Å². The van der Waals surface area contributed by atoms with Crippen molar-refractivity contribution in [3.05, 3.63) is 51.3 Å². The molecule has 14 heavy (non-hydrogen) atoms. The highest BCUT2D eigenvalue weighted by molar-refractivity contribution is 14.1. The Labute approximate surface area is 105 Å². The Balaban J connectivity index is 2.91. The van der Waals surface area contributed by atoms with E-state index >= 15 is 0 Å². The second-order valence-electron chi connectivity index (χ2n) is 2.89. The van der Waals surface area contributed by atoms with Crippen LogP contribution in [0.3, 0.4) is 0 Å². The van der Waals surface area contributed by atoms with Gasteiger partial charge in [0.15, 0.2) is 0 Å². The van der Waals surface area contributed by atoms with Gasteiger partial charge in [0, 0.05) is 27.3 Å². The highest BCUT2D eigenvalue weighted by Crippen LogP contribution is 2.28. The van der Waals surface area contributed by atoms with Gasteiger partial charge < -0.3 is 0 Å². The molecule has 0 bridgehead atoms. The fourth-order valence-corrected chi connectivity index (χ4v) is 2.24. The Morgan fingerprint density at radius 2 is 2.00 bits per heavy atom. The normalized spacial score (nSPS) is 10.9. The minimum atomic E-state index is 0.367. The highest BCUT2D eigenvalue weighted by atomic mass is 127. The number of benzene rings is 1. The van der Waals surface area contributed by atoms with E-state index in [-0.39, 0.29) is 0 Å². The van der Waals surface area contributed by atoms with Crippen molar-refractivity contribution in [1.29, 1.82) is 0 Å². The maximum absolute atomic E-state index is 5.75. The van der Waals surface area contributed by atoms with Crippen LogP contribution < -0.4 is 0 Å². The number of hydrogen-bond donors (Lipinski definition) is 0. The molecule has 0 aliphatic rings. The molecule has 68 valence electrons. The molecule has 0 amide bonds. The van der Waals surface area contributed by atoms with Crippen LogP contribution in [-0.2, 0) is 0 Å². The van der Waals surface area contributed by atoms with Gasteiger partial charge in [-0.1, -0.05) is 6.07 Å². The molecule has 1 aromatic heterocycles. The summed E-state index contributed by atoms with van der Waals surface area (Å²) >= 11 is 5.64. The number of nitrogens with zero attached hydrogens (tertiary/aromatic N) is 1. The van der Waals surface area contributed by atoms with Crippen LogP contribution in [0.5, 0.6) is 0 Å². The quantitative estimate of drug-likeness (QED) is 0.655. The van der Waals surface area contributed by atoms with Gasteiger partial charge in [0.1, 0.15) is 0 Å². The Kier molecular flexibility index (Phi) is 2.79. The Morgan fingerprint density at radius 1 is 1.29 bits per heavy atom. The van der Waals surface area contributed by atoms with Crippen LogP contribution in [0.1, 0.15) is 11.3 Å². The van der Waals surface area contributed by atoms with Gasteiger partial charge in [0.05, 0.1) is 11.2 Å². The first kappa shape index (κ1) is 10.4. The van der Waals surface area contributed by atoms with Crippen molar-refractivity contribution >= 4 is 49.4 Å². The molecule has 2 aromatic rings. The maximum Gasteiger partial charge on any atom is 0.0727 e. The minimum absolute atomic E-state index is 0.367. The van der Waals surface area contributed by atoms with Gasteiger partial charge in [-0.2, -0.15) is 0 Å². The fraction of sp³-hybridized carbons (Fsp3) is 0. The number of hydrogen-bond acceptors (Lipinski definition) is 1. The largest absolute Gasteiger partial charge is 0.252 e. The second kappa shape index (κ2) is 3.77. The van der Waals surface area contributed by atoms with Gasteiger partial charge >= 0.3 is 0 Å². The van der Waals surface area contributed by atoms with E-state index in [1.165, 1.54) is 0 Å². The third kappa shape index (κ3) is 1.67. The second-order valence-corrected chi connectivity index (χ2v) is 4.92. The smallest absolute Gasteiger partial charge is 0.0727 e. The summed E-state index contributed by atoms with van der Waals surface area (Å²) < 4.78 is 1.94. The monoisotopic (exact) mass is 357 g/mol. The molecule has 0 N–H and O–H groups in total. The maximum atomic E-state index is 5.75. The number of rotatable bonds is 0. The lowest BCUT2D eigenvalue weighted by molar-refractivity contribution is 1.29. The van der Waals surface area contributed by atoms with Crippen LogP contribution >= 0.6 is 38.5 Å². The molecule has 1 heterocycles. The first-order valence-corrected chi connectivity index (χ1v) is 5.76. The van der Waals surface area contributed by atoms with Gasteiger partial charge in [0.25, 0.3) is 0 Å². The minimum Gasteiger partial charge on any atom is -0.252 e. The zero-order chi connectivity index (χ0) is 10.3. The number of pyridine rings is 1. The molecule has 0 unspecified atom stereocenters. The Morgan fingerprint density at radius 3 is 2.71 bits per heavy atom. The van der Waals surface area contributed by atoms with Crippen molar-refractivity contribution in [3.63, 3.8) is 0 Å². The van der Waals surface area contributed by atoms with Crippen molar-refractivity contribution in [2.45, 2.75) is 0 Å². The van der Waals surface area contributed by atoms with Crippen molar-refractivity contribution in [2.75, 3.05) is 0 Å². The molecule has 0 spiro atoms. The molecule has 1 aromatic carbocycles. The van der Waals surface area contributed by atoms with Crippen molar-refractivity contribution in [2.24, 2.45) is 0 Å². The van der Waals surface area contributed by atoms with Crippen LogP contribution in [0.2, 0.25) is 0 Å². The summed E-state index contributed by atoms with van der Waals surface area (Å²) in [5.41, 5.74) is 1.72. The predicted octanol–water partition coefficient (Wildman–Crippen LogP) is 3.72. The SMILES string of the molecule is [CH]c1nc2cc(I)ccc2c(Br)c1[CH]. The molecule has 0 saturated heterocycles. The number of halogens is 2. The van der Waals surface area contributed by atoms with E-state index in [2.05, 4.69) is 43.5 Å². The van der Waals surface area contributed by atoms with Crippen LogP contribution in [-0.4, -0.2) is 4.98 Å². The molecule has 3 heteroatoms. The van der Waals surface area contributed by atoms with Crippen molar-refractivity contribution < 1.29 is 0 Å². The first-order chi connectivity index (χ1) is 6.59. The van der Waals surface area contributed by atoms with Gasteiger partial charge in [-0.05, 0) is 56.2 Å². The van der Waals surface area contributed by atoms with E-state index in [9.17, 15) is 0 Å². The zero-order valence-corrected chi connectivity index (χ0v) is 10.8. The molecule has 0 atom stereocenters. The summed E-state index contributed by atoms with van der Waals surface area (Å²) in [5, 5.41) is 0.983. The molecule has 2 rings (SSSR count). The highest BCUT2D eigenvalue weighted by Gasteiger charge is 2.06. The first-order valence-electron chi connectivity index (χ1n) is 3.89. The summed E-state index contributed by atoms with van der Waals surface area (Å²) in [7, 11) is 0. The lowest BCUT2D eigenvalue weighted by atomic mass is 10.1. The number of fused-ring (bicyclic) bond motifs is 1. The van der Waals surface area contributed by atoms with Crippen molar-refractivity contribution in [1.82, 2.24) is 4.98 Å². The van der Waals surface area contributed by atoms with E-state index in [1.54, 1.807) is 0 Å². The van der Waals surface area contributed by atoms with Crippen LogP contribution in [0.15, 0.2) is 22.7 Å². The van der Waals surface area contributed by atoms with E-state index in [0.29, 0.717) is 11.3 Å². The zero-order valence-electron chi connectivity index (χ0n) is 7.09. The van der Waals surface area contributed by atoms with E-state index < -0.39 is 0 Å². The fourth-order valence-electron chi connectivity index (χ4n) is 1.23. The third-order valence-corrected chi connectivity index (χ3v) is 3.47. The summed E-state index contributed by atoms with van der Waals surface area (Å²) in [5.74, 6) is 0. The summed E-state index contributed by atoms with van der Waals surface area (Å²) in [6.07, 6.45) is 0. The lowest BCUT2D eigenvalue weighted by Crippen LogP contribution is -1.91. The molecular formula is C11H5BrIN. The molecular weight excluding hydrogens is 353 g/mol. The van der Waals surface area contributed by atoms with Gasteiger partial charge in [-0.15, -0.1) is 0 Å². The molecule has 0 fully saturated rings. The molecule has 4 radical (unpaired) electrons. The van der Waals surface area contributed by atoms with Crippen molar-refractivity contribution in [3.8, 4) is 0 Å². The predicted molar refractivity (Wildman–Crippen MR) is 69.0 cm³/mol.